The summed E-state index contributed by atoms with van der Waals surface area (Å²) in [4.78, 5) is 0. The molecule has 2 aromatic heterocycles. The fourth-order valence-electron chi connectivity index (χ4n) is 12.1. The summed E-state index contributed by atoms with van der Waals surface area (Å²) in [6.45, 7) is 0. The maximum absolute atomic E-state index is 15.1. The molecule has 13 aromatic carbocycles. The van der Waals surface area contributed by atoms with E-state index in [0.717, 1.165) is 120 Å². The molecule has 72 heavy (non-hydrogen) atoms. The van der Waals surface area contributed by atoms with E-state index in [4.69, 9.17) is 0 Å². The Morgan fingerprint density at radius 3 is 0.903 bits per heavy atom. The lowest BCUT2D eigenvalue weighted by Gasteiger charge is -2.23. The Hall–Kier alpha value is -9.26. The van der Waals surface area contributed by atoms with Crippen LogP contribution < -0.4 is 0 Å². The van der Waals surface area contributed by atoms with Crippen LogP contribution in [0, 0.1) is 23.3 Å². The van der Waals surface area contributed by atoms with Crippen molar-refractivity contribution in [1.29, 1.82) is 0 Å². The van der Waals surface area contributed by atoms with E-state index < -0.39 is 23.3 Å². The van der Waals surface area contributed by atoms with E-state index in [1.54, 1.807) is 24.3 Å². The molecule has 2 heterocycles. The zero-order valence-electron chi connectivity index (χ0n) is 38.2. The highest BCUT2D eigenvalue weighted by molar-refractivity contribution is 6.29. The smallest absolute Gasteiger partial charge is 0.123 e. The number of rotatable bonds is 4. The second-order valence-corrected chi connectivity index (χ2v) is 18.9. The van der Waals surface area contributed by atoms with Gasteiger partial charge in [-0.2, -0.15) is 0 Å². The van der Waals surface area contributed by atoms with Crippen molar-refractivity contribution >= 4 is 108 Å². The van der Waals surface area contributed by atoms with Crippen LogP contribution >= 0.6 is 0 Å². The fraction of sp³-hybridized carbons (Fsp3) is 0. The average molecular weight is 933 g/mol. The van der Waals surface area contributed by atoms with Crippen LogP contribution in [-0.4, -0.2) is 9.13 Å². The van der Waals surface area contributed by atoms with Gasteiger partial charge in [0.15, 0.2) is 0 Å². The molecule has 0 atom stereocenters. The van der Waals surface area contributed by atoms with Crippen molar-refractivity contribution in [2.24, 2.45) is 0 Å². The van der Waals surface area contributed by atoms with Crippen LogP contribution in [0.3, 0.4) is 0 Å². The van der Waals surface area contributed by atoms with Gasteiger partial charge in [-0.25, -0.2) is 17.6 Å². The number of aromatic nitrogens is 2. The molecule has 0 N–H and O–H groups in total. The number of fused-ring (bicyclic) bond motifs is 14. The molecule has 0 amide bonds. The molecule has 0 aliphatic heterocycles. The largest absolute Gasteiger partial charge is 0.309 e. The Balaban J connectivity index is 1.16. The van der Waals surface area contributed by atoms with Gasteiger partial charge in [0.2, 0.25) is 0 Å². The van der Waals surface area contributed by atoms with Crippen molar-refractivity contribution in [3.05, 3.63) is 242 Å². The molecular weight excluding hydrogens is 897 g/mol. The van der Waals surface area contributed by atoms with Gasteiger partial charge in [0.25, 0.3) is 0 Å². The standard InChI is InChI=1S/C66H36F4N2/c67-39-17-25-61-53(31-39)54-32-40(68)18-26-62(54)71(61)43-22-24-52-59(35-43)65(57-29-37-9-1-3-11-45(37)47-13-5-7-15-49(47)57)51-23-21-44(72-63-27-19-41(69)33-55(63)56-34-42(70)20-28-64(56)72)36-60(51)66(52)58-30-38-10-2-4-12-46(38)48-14-6-8-16-50(48)58/h1-36H. The third kappa shape index (κ3) is 5.84. The van der Waals surface area contributed by atoms with E-state index in [1.807, 2.05) is 0 Å². The molecule has 0 bridgehead atoms. The summed E-state index contributed by atoms with van der Waals surface area (Å²) in [6, 6.07) is 70.8. The molecule has 0 fully saturated rings. The van der Waals surface area contributed by atoms with Crippen LogP contribution in [0.5, 0.6) is 0 Å². The third-order valence-corrected chi connectivity index (χ3v) is 15.1. The van der Waals surface area contributed by atoms with Crippen molar-refractivity contribution in [1.82, 2.24) is 9.13 Å². The van der Waals surface area contributed by atoms with Gasteiger partial charge >= 0.3 is 0 Å². The molecule has 6 heteroatoms. The van der Waals surface area contributed by atoms with Crippen LogP contribution in [0.15, 0.2) is 218 Å². The molecule has 338 valence electrons. The maximum atomic E-state index is 15.1. The van der Waals surface area contributed by atoms with Gasteiger partial charge in [0.1, 0.15) is 23.3 Å². The minimum Gasteiger partial charge on any atom is -0.309 e. The van der Waals surface area contributed by atoms with Crippen molar-refractivity contribution in [3.8, 4) is 33.6 Å². The first-order chi connectivity index (χ1) is 35.3. The van der Waals surface area contributed by atoms with Gasteiger partial charge in [-0.1, -0.05) is 109 Å². The predicted molar refractivity (Wildman–Crippen MR) is 291 cm³/mol. The van der Waals surface area contributed by atoms with Crippen molar-refractivity contribution in [2.75, 3.05) is 0 Å². The summed E-state index contributed by atoms with van der Waals surface area (Å²) in [5.41, 5.74) is 8.84. The average Bonchev–Trinajstić information content (AvgIpc) is 3.90. The van der Waals surface area contributed by atoms with Gasteiger partial charge in [-0.05, 0) is 196 Å². The van der Waals surface area contributed by atoms with E-state index in [9.17, 15) is 0 Å². The molecule has 0 saturated heterocycles. The minimum absolute atomic E-state index is 0.395. The highest BCUT2D eigenvalue weighted by Crippen LogP contribution is 2.50. The Morgan fingerprint density at radius 2 is 0.542 bits per heavy atom. The summed E-state index contributed by atoms with van der Waals surface area (Å²) in [5, 5.41) is 15.4. The van der Waals surface area contributed by atoms with E-state index in [2.05, 4.69) is 155 Å². The number of benzene rings is 13. The Kier molecular flexibility index (Phi) is 8.53. The van der Waals surface area contributed by atoms with Gasteiger partial charge in [0, 0.05) is 32.9 Å². The molecule has 2 nitrogen and oxygen atoms in total. The zero-order chi connectivity index (χ0) is 47.9. The van der Waals surface area contributed by atoms with Crippen molar-refractivity contribution < 1.29 is 17.6 Å². The molecule has 0 aliphatic rings. The Morgan fingerprint density at radius 1 is 0.222 bits per heavy atom. The highest BCUT2D eigenvalue weighted by atomic mass is 19.1. The lowest BCUT2D eigenvalue weighted by molar-refractivity contribution is 0.628. The lowest BCUT2D eigenvalue weighted by atomic mass is 9.82. The first-order valence-electron chi connectivity index (χ1n) is 24.0. The quantitative estimate of drug-likeness (QED) is 0.0945. The van der Waals surface area contributed by atoms with E-state index in [0.29, 0.717) is 21.5 Å². The number of hydrogen-bond donors (Lipinski definition) is 0. The first kappa shape index (κ1) is 40.6. The number of nitrogens with zero attached hydrogens (tertiary/aromatic N) is 2. The minimum atomic E-state index is -0.395. The van der Waals surface area contributed by atoms with Gasteiger partial charge in [-0.3, -0.25) is 0 Å². The van der Waals surface area contributed by atoms with Gasteiger partial charge in [-0.15, -0.1) is 0 Å². The summed E-state index contributed by atoms with van der Waals surface area (Å²) in [7, 11) is 0. The molecule has 0 radical (unpaired) electrons. The normalized spacial score (nSPS) is 12.2. The number of halogens is 4. The third-order valence-electron chi connectivity index (χ3n) is 15.1. The van der Waals surface area contributed by atoms with Crippen LogP contribution in [0.2, 0.25) is 0 Å². The lowest BCUT2D eigenvalue weighted by Crippen LogP contribution is -1.99. The fourth-order valence-corrected chi connectivity index (χ4v) is 12.1. The summed E-state index contributed by atoms with van der Waals surface area (Å²) >= 11 is 0. The van der Waals surface area contributed by atoms with Crippen LogP contribution in [-0.2, 0) is 0 Å². The summed E-state index contributed by atoms with van der Waals surface area (Å²) < 4.78 is 64.6. The summed E-state index contributed by atoms with van der Waals surface area (Å²) in [5.74, 6) is -1.58. The van der Waals surface area contributed by atoms with E-state index in [-0.39, 0.29) is 0 Å². The Labute approximate surface area is 408 Å². The van der Waals surface area contributed by atoms with Gasteiger partial charge < -0.3 is 9.13 Å². The molecule has 0 aliphatic carbocycles. The Bertz CT molecular complexity index is 4440. The first-order valence-corrected chi connectivity index (χ1v) is 24.0. The molecule has 15 rings (SSSR count). The van der Waals surface area contributed by atoms with Crippen molar-refractivity contribution in [2.45, 2.75) is 0 Å². The van der Waals surface area contributed by atoms with Crippen molar-refractivity contribution in [3.63, 3.8) is 0 Å². The molecule has 0 unspecified atom stereocenters. The topological polar surface area (TPSA) is 9.86 Å². The molecule has 0 saturated carbocycles. The van der Waals surface area contributed by atoms with Crippen LogP contribution in [0.4, 0.5) is 17.6 Å². The summed E-state index contributed by atoms with van der Waals surface area (Å²) in [6.07, 6.45) is 0. The van der Waals surface area contributed by atoms with E-state index >= 15 is 17.6 Å². The monoisotopic (exact) mass is 932 g/mol. The van der Waals surface area contributed by atoms with E-state index in [1.165, 1.54) is 48.5 Å². The maximum Gasteiger partial charge on any atom is 0.123 e. The SMILES string of the molecule is Fc1ccc2c(c1)c1cc(F)ccc1n2-c1ccc2c(-c3cc4ccccc4c4ccccc34)c3cc(-n4c5ccc(F)cc5c5cc(F)ccc54)ccc3c(-c3cc4ccccc4c4ccccc34)c2c1. The molecule has 15 aromatic rings. The molecular formula is C66H36F4N2. The second-order valence-electron chi connectivity index (χ2n) is 18.9. The highest BCUT2D eigenvalue weighted by Gasteiger charge is 2.24. The van der Waals surface area contributed by atoms with Gasteiger partial charge in [0.05, 0.1) is 22.1 Å². The predicted octanol–water partition coefficient (Wildman–Crippen LogP) is 18.7. The molecule has 0 spiro atoms. The second kappa shape index (κ2) is 15.1. The zero-order valence-corrected chi connectivity index (χ0v) is 38.2. The van der Waals surface area contributed by atoms with Crippen LogP contribution in [0.25, 0.3) is 142 Å². The van der Waals surface area contributed by atoms with Crippen LogP contribution in [0.1, 0.15) is 0 Å². The number of hydrogen-bond acceptors (Lipinski definition) is 0.